The zero-order valence-electron chi connectivity index (χ0n) is 9.68. The summed E-state index contributed by atoms with van der Waals surface area (Å²) in [5, 5.41) is 2.40. The number of anilines is 1. The van der Waals surface area contributed by atoms with Gasteiger partial charge in [-0.2, -0.15) is 0 Å². The van der Waals surface area contributed by atoms with Gasteiger partial charge >= 0.3 is 0 Å². The number of rotatable bonds is 2. The molecule has 1 N–H and O–H groups in total. The molecule has 0 atom stereocenters. The second kappa shape index (κ2) is 6.08. The third-order valence-corrected chi connectivity index (χ3v) is 3.34. The van der Waals surface area contributed by atoms with Crippen LogP contribution < -0.4 is 5.32 Å². The first kappa shape index (κ1) is 15.2. The molecule has 0 aliphatic rings. The summed E-state index contributed by atoms with van der Waals surface area (Å²) in [5.74, 6) is -2.39. The lowest BCUT2D eigenvalue weighted by molar-refractivity contribution is 0.102. The van der Waals surface area contributed by atoms with Crippen molar-refractivity contribution in [1.29, 1.82) is 0 Å². The topological polar surface area (TPSA) is 29.1 Å². The molecule has 2 aromatic carbocycles. The Morgan fingerprint density at radius 2 is 1.80 bits per heavy atom. The standard InChI is InChI=1S/C13H6BrCl2F2NO/c14-7-1-6(2-8(15)3-7)13(20)19-12-10(16)4-9(17)5-11(12)18/h1-5H,(H,19,20). The highest BCUT2D eigenvalue weighted by Gasteiger charge is 2.15. The average molecular weight is 381 g/mol. The second-order valence-corrected chi connectivity index (χ2v) is 5.62. The zero-order chi connectivity index (χ0) is 14.9. The maximum absolute atomic E-state index is 13.6. The van der Waals surface area contributed by atoms with Crippen LogP contribution in [0.15, 0.2) is 34.8 Å². The average Bonchev–Trinajstić information content (AvgIpc) is 2.32. The van der Waals surface area contributed by atoms with E-state index in [9.17, 15) is 13.6 Å². The van der Waals surface area contributed by atoms with Crippen molar-refractivity contribution in [3.8, 4) is 0 Å². The predicted octanol–water partition coefficient (Wildman–Crippen LogP) is 5.29. The molecule has 0 saturated carbocycles. The summed E-state index contributed by atoms with van der Waals surface area (Å²) in [4.78, 5) is 12.0. The van der Waals surface area contributed by atoms with Gasteiger partial charge < -0.3 is 5.32 Å². The van der Waals surface area contributed by atoms with Crippen molar-refractivity contribution in [2.45, 2.75) is 0 Å². The van der Waals surface area contributed by atoms with Crippen LogP contribution in [0.3, 0.4) is 0 Å². The van der Waals surface area contributed by atoms with E-state index < -0.39 is 17.5 Å². The Morgan fingerprint density at radius 3 is 2.40 bits per heavy atom. The molecule has 0 fully saturated rings. The zero-order valence-corrected chi connectivity index (χ0v) is 12.8. The largest absolute Gasteiger partial charge is 0.318 e. The van der Waals surface area contributed by atoms with Crippen molar-refractivity contribution in [2.24, 2.45) is 0 Å². The molecule has 7 heteroatoms. The highest BCUT2D eigenvalue weighted by Crippen LogP contribution is 2.27. The summed E-state index contributed by atoms with van der Waals surface area (Å²) in [6.07, 6.45) is 0. The maximum atomic E-state index is 13.6. The van der Waals surface area contributed by atoms with Crippen molar-refractivity contribution in [3.63, 3.8) is 0 Å². The summed E-state index contributed by atoms with van der Waals surface area (Å²) in [7, 11) is 0. The summed E-state index contributed by atoms with van der Waals surface area (Å²) >= 11 is 14.7. The minimum Gasteiger partial charge on any atom is -0.318 e. The van der Waals surface area contributed by atoms with Gasteiger partial charge in [0.2, 0.25) is 0 Å². The summed E-state index contributed by atoms with van der Waals surface area (Å²) in [6.45, 7) is 0. The Labute approximate surface area is 131 Å². The van der Waals surface area contributed by atoms with E-state index >= 15 is 0 Å². The molecule has 0 unspecified atom stereocenters. The smallest absolute Gasteiger partial charge is 0.255 e. The van der Waals surface area contributed by atoms with Gasteiger partial charge in [-0.05, 0) is 24.3 Å². The number of carbonyl (C=O) groups excluding carboxylic acids is 1. The number of halogens is 5. The van der Waals surface area contributed by atoms with Crippen LogP contribution in [0.4, 0.5) is 14.5 Å². The van der Waals surface area contributed by atoms with Crippen LogP contribution >= 0.6 is 39.1 Å². The van der Waals surface area contributed by atoms with Gasteiger partial charge in [0.05, 0.1) is 10.7 Å². The fourth-order valence-corrected chi connectivity index (χ4v) is 2.63. The number of benzene rings is 2. The monoisotopic (exact) mass is 379 g/mol. The quantitative estimate of drug-likeness (QED) is 0.753. The van der Waals surface area contributed by atoms with Gasteiger partial charge in [0, 0.05) is 21.1 Å². The Balaban J connectivity index is 2.32. The van der Waals surface area contributed by atoms with Crippen molar-refractivity contribution in [1.82, 2.24) is 0 Å². The van der Waals surface area contributed by atoms with Gasteiger partial charge in [0.15, 0.2) is 5.82 Å². The van der Waals surface area contributed by atoms with Crippen LogP contribution in [0.5, 0.6) is 0 Å². The van der Waals surface area contributed by atoms with E-state index in [-0.39, 0.29) is 16.3 Å². The van der Waals surface area contributed by atoms with E-state index in [0.29, 0.717) is 15.6 Å². The molecule has 2 aromatic rings. The van der Waals surface area contributed by atoms with E-state index in [0.717, 1.165) is 6.07 Å². The first-order valence-corrected chi connectivity index (χ1v) is 6.83. The molecule has 0 aromatic heterocycles. The number of hydrogen-bond donors (Lipinski definition) is 1. The lowest BCUT2D eigenvalue weighted by atomic mass is 10.2. The van der Waals surface area contributed by atoms with Crippen molar-refractivity contribution >= 4 is 50.7 Å². The van der Waals surface area contributed by atoms with E-state index in [4.69, 9.17) is 23.2 Å². The fourth-order valence-electron chi connectivity index (χ4n) is 1.53. The third-order valence-electron chi connectivity index (χ3n) is 2.37. The van der Waals surface area contributed by atoms with Gasteiger partial charge in [-0.1, -0.05) is 39.1 Å². The molecule has 0 saturated heterocycles. The highest BCUT2D eigenvalue weighted by molar-refractivity contribution is 9.10. The first-order chi connectivity index (χ1) is 9.36. The fraction of sp³-hybridized carbons (Fsp3) is 0. The van der Waals surface area contributed by atoms with Crippen molar-refractivity contribution < 1.29 is 13.6 Å². The molecule has 0 aliphatic carbocycles. The molecular formula is C13H6BrCl2F2NO. The van der Waals surface area contributed by atoms with Crippen molar-refractivity contribution in [3.05, 3.63) is 62.0 Å². The molecule has 0 radical (unpaired) electrons. The van der Waals surface area contributed by atoms with E-state index in [1.807, 2.05) is 0 Å². The van der Waals surface area contributed by atoms with Gasteiger partial charge in [-0.3, -0.25) is 4.79 Å². The van der Waals surface area contributed by atoms with Crippen LogP contribution in [-0.2, 0) is 0 Å². The van der Waals surface area contributed by atoms with Gasteiger partial charge in [0.1, 0.15) is 5.82 Å². The van der Waals surface area contributed by atoms with E-state index in [1.54, 1.807) is 6.07 Å². The second-order valence-electron chi connectivity index (χ2n) is 3.86. The molecule has 0 aliphatic heterocycles. The summed E-state index contributed by atoms with van der Waals surface area (Å²) in [6, 6.07) is 6.07. The molecule has 2 nitrogen and oxygen atoms in total. The molecular weight excluding hydrogens is 375 g/mol. The lowest BCUT2D eigenvalue weighted by Gasteiger charge is -2.09. The maximum Gasteiger partial charge on any atom is 0.255 e. The number of nitrogens with one attached hydrogen (secondary N) is 1. The molecule has 1 amide bonds. The predicted molar refractivity (Wildman–Crippen MR) is 78.5 cm³/mol. The van der Waals surface area contributed by atoms with Crippen LogP contribution in [0.25, 0.3) is 0 Å². The molecule has 0 heterocycles. The minimum absolute atomic E-state index is 0.212. The summed E-state index contributed by atoms with van der Waals surface area (Å²) < 4.78 is 27.1. The SMILES string of the molecule is O=C(Nc1c(F)cc(F)cc1Cl)c1cc(Cl)cc(Br)c1. The Hall–Kier alpha value is -1.17. The Bertz CT molecular complexity index is 651. The van der Waals surface area contributed by atoms with Crippen LogP contribution in [0.1, 0.15) is 10.4 Å². The highest BCUT2D eigenvalue weighted by atomic mass is 79.9. The van der Waals surface area contributed by atoms with Crippen LogP contribution in [-0.4, -0.2) is 5.91 Å². The van der Waals surface area contributed by atoms with Gasteiger partial charge in [-0.25, -0.2) is 8.78 Å². The minimum atomic E-state index is -0.954. The Morgan fingerprint density at radius 1 is 1.10 bits per heavy atom. The van der Waals surface area contributed by atoms with Crippen LogP contribution in [0.2, 0.25) is 10.0 Å². The van der Waals surface area contributed by atoms with Gasteiger partial charge in [0.25, 0.3) is 5.91 Å². The number of amides is 1. The van der Waals surface area contributed by atoms with E-state index in [2.05, 4.69) is 21.2 Å². The first-order valence-electron chi connectivity index (χ1n) is 5.29. The third kappa shape index (κ3) is 3.48. The normalized spacial score (nSPS) is 10.4. The molecule has 2 rings (SSSR count). The number of hydrogen-bond acceptors (Lipinski definition) is 1. The van der Waals surface area contributed by atoms with E-state index in [1.165, 1.54) is 12.1 Å². The molecule has 104 valence electrons. The molecule has 0 bridgehead atoms. The Kier molecular flexibility index (Phi) is 4.62. The summed E-state index contributed by atoms with van der Waals surface area (Å²) in [5.41, 5.74) is -0.0710. The van der Waals surface area contributed by atoms with Gasteiger partial charge in [-0.15, -0.1) is 0 Å². The molecule has 0 spiro atoms. The number of carbonyl (C=O) groups is 1. The van der Waals surface area contributed by atoms with Crippen LogP contribution in [0, 0.1) is 11.6 Å². The lowest BCUT2D eigenvalue weighted by Crippen LogP contribution is -2.13. The van der Waals surface area contributed by atoms with Crippen molar-refractivity contribution in [2.75, 3.05) is 5.32 Å². The molecule has 20 heavy (non-hydrogen) atoms.